The van der Waals surface area contributed by atoms with E-state index in [9.17, 15) is 13.2 Å². The Morgan fingerprint density at radius 2 is 2.05 bits per heavy atom. The van der Waals surface area contributed by atoms with Crippen LogP contribution < -0.4 is 0 Å². The van der Waals surface area contributed by atoms with E-state index in [-0.39, 0.29) is 22.8 Å². The molecular formula is C14H21NO3S2. The number of amides is 1. The zero-order valence-electron chi connectivity index (χ0n) is 11.9. The third-order valence-electron chi connectivity index (χ3n) is 3.53. The van der Waals surface area contributed by atoms with Crippen LogP contribution in [0.2, 0.25) is 0 Å². The monoisotopic (exact) mass is 315 g/mol. The van der Waals surface area contributed by atoms with Gasteiger partial charge in [0.2, 0.25) is 0 Å². The van der Waals surface area contributed by atoms with Gasteiger partial charge in [0.15, 0.2) is 9.84 Å². The van der Waals surface area contributed by atoms with Gasteiger partial charge in [-0.25, -0.2) is 8.42 Å². The maximum absolute atomic E-state index is 12.2. The van der Waals surface area contributed by atoms with E-state index in [1.807, 2.05) is 31.4 Å². The van der Waals surface area contributed by atoms with E-state index in [1.54, 1.807) is 4.90 Å². The van der Waals surface area contributed by atoms with E-state index in [2.05, 4.69) is 0 Å². The van der Waals surface area contributed by atoms with Crippen molar-refractivity contribution in [3.8, 4) is 0 Å². The van der Waals surface area contributed by atoms with Gasteiger partial charge in [-0.3, -0.25) is 4.79 Å². The van der Waals surface area contributed by atoms with Crippen molar-refractivity contribution in [2.75, 3.05) is 18.8 Å². The van der Waals surface area contributed by atoms with Crippen LogP contribution >= 0.6 is 11.3 Å². The Bertz CT molecular complexity index is 541. The molecule has 2 rings (SSSR count). The second kappa shape index (κ2) is 6.26. The van der Waals surface area contributed by atoms with Gasteiger partial charge in [-0.2, -0.15) is 0 Å². The van der Waals surface area contributed by atoms with Crippen LogP contribution in [0.3, 0.4) is 0 Å². The van der Waals surface area contributed by atoms with Gasteiger partial charge >= 0.3 is 0 Å². The van der Waals surface area contributed by atoms with Crippen molar-refractivity contribution in [3.63, 3.8) is 0 Å². The van der Waals surface area contributed by atoms with Crippen molar-refractivity contribution in [2.24, 2.45) is 5.92 Å². The van der Waals surface area contributed by atoms with E-state index >= 15 is 0 Å². The molecule has 4 nitrogen and oxygen atoms in total. The summed E-state index contributed by atoms with van der Waals surface area (Å²) in [7, 11) is -3.02. The first-order chi connectivity index (χ1) is 9.40. The van der Waals surface area contributed by atoms with Crippen LogP contribution in [0.5, 0.6) is 0 Å². The molecule has 1 aromatic heterocycles. The Balaban J connectivity index is 1.94. The van der Waals surface area contributed by atoms with Crippen LogP contribution in [-0.4, -0.2) is 43.3 Å². The average molecular weight is 315 g/mol. The second-order valence-corrected chi connectivity index (χ2v) is 8.97. The fourth-order valence-corrected chi connectivity index (χ4v) is 5.40. The summed E-state index contributed by atoms with van der Waals surface area (Å²) < 4.78 is 24.4. The van der Waals surface area contributed by atoms with Gasteiger partial charge in [0.05, 0.1) is 15.9 Å². The Hall–Kier alpha value is -0.880. The lowest BCUT2D eigenvalue weighted by atomic mass is 10.1. The fourth-order valence-electron chi connectivity index (χ4n) is 2.57. The molecule has 0 aliphatic carbocycles. The maximum atomic E-state index is 12.2. The minimum absolute atomic E-state index is 0.0275. The number of hydrogen-bond acceptors (Lipinski definition) is 4. The Morgan fingerprint density at radius 1 is 1.40 bits per heavy atom. The lowest BCUT2D eigenvalue weighted by Gasteiger charge is -2.31. The molecule has 0 spiro atoms. The number of sulfone groups is 1. The predicted octanol–water partition coefficient (Wildman–Crippen LogP) is 2.42. The third-order valence-corrected chi connectivity index (χ3v) is 7.01. The molecule has 2 heterocycles. The van der Waals surface area contributed by atoms with E-state index in [1.165, 1.54) is 11.3 Å². The molecule has 0 bridgehead atoms. The molecule has 1 fully saturated rings. The highest BCUT2D eigenvalue weighted by Gasteiger charge is 2.32. The predicted molar refractivity (Wildman–Crippen MR) is 81.9 cm³/mol. The van der Waals surface area contributed by atoms with Gasteiger partial charge in [0.1, 0.15) is 0 Å². The standard InChI is InChI=1S/C14H21NO3S2/c1-11(2)10-20(17,18)12-5-7-15(8-6-12)14(16)13-4-3-9-19-13/h3-4,9,11-12H,5-8,10H2,1-2H3. The molecule has 0 saturated carbocycles. The van der Waals surface area contributed by atoms with Crippen LogP contribution in [0.15, 0.2) is 17.5 Å². The molecule has 20 heavy (non-hydrogen) atoms. The first-order valence-electron chi connectivity index (χ1n) is 6.94. The van der Waals surface area contributed by atoms with E-state index < -0.39 is 9.84 Å². The lowest BCUT2D eigenvalue weighted by molar-refractivity contribution is 0.0730. The van der Waals surface area contributed by atoms with Gasteiger partial charge in [0, 0.05) is 13.1 Å². The molecule has 0 N–H and O–H groups in total. The van der Waals surface area contributed by atoms with Gasteiger partial charge in [-0.15, -0.1) is 11.3 Å². The topological polar surface area (TPSA) is 54.5 Å². The number of carbonyl (C=O) groups excluding carboxylic acids is 1. The summed E-state index contributed by atoms with van der Waals surface area (Å²) in [6.45, 7) is 4.93. The number of hydrogen-bond donors (Lipinski definition) is 0. The number of nitrogens with zero attached hydrogens (tertiary/aromatic N) is 1. The summed E-state index contributed by atoms with van der Waals surface area (Å²) in [5, 5.41) is 1.60. The molecule has 1 amide bonds. The summed E-state index contributed by atoms with van der Waals surface area (Å²) in [6.07, 6.45) is 1.12. The molecule has 112 valence electrons. The normalized spacial score (nSPS) is 17.6. The highest BCUT2D eigenvalue weighted by Crippen LogP contribution is 2.22. The number of thiophene rings is 1. The van der Waals surface area contributed by atoms with Gasteiger partial charge in [-0.1, -0.05) is 19.9 Å². The molecule has 6 heteroatoms. The summed E-state index contributed by atoms with van der Waals surface area (Å²) in [4.78, 5) is 14.7. The number of likely N-dealkylation sites (tertiary alicyclic amines) is 1. The number of rotatable bonds is 4. The average Bonchev–Trinajstić information content (AvgIpc) is 2.90. The van der Waals surface area contributed by atoms with E-state index in [4.69, 9.17) is 0 Å². The summed E-state index contributed by atoms with van der Waals surface area (Å²) >= 11 is 1.43. The lowest BCUT2D eigenvalue weighted by Crippen LogP contribution is -2.43. The zero-order valence-corrected chi connectivity index (χ0v) is 13.5. The minimum Gasteiger partial charge on any atom is -0.338 e. The van der Waals surface area contributed by atoms with Gasteiger partial charge < -0.3 is 4.90 Å². The van der Waals surface area contributed by atoms with Crippen LogP contribution in [0, 0.1) is 5.92 Å². The van der Waals surface area contributed by atoms with Crippen LogP contribution in [0.1, 0.15) is 36.4 Å². The molecule has 0 atom stereocenters. The summed E-state index contributed by atoms with van der Waals surface area (Å²) in [6, 6.07) is 3.67. The maximum Gasteiger partial charge on any atom is 0.263 e. The first-order valence-corrected chi connectivity index (χ1v) is 9.54. The van der Waals surface area contributed by atoms with Crippen LogP contribution in [-0.2, 0) is 9.84 Å². The largest absolute Gasteiger partial charge is 0.338 e. The van der Waals surface area contributed by atoms with Crippen LogP contribution in [0.25, 0.3) is 0 Å². The van der Waals surface area contributed by atoms with Crippen molar-refractivity contribution in [1.29, 1.82) is 0 Å². The van der Waals surface area contributed by atoms with Crippen molar-refractivity contribution < 1.29 is 13.2 Å². The minimum atomic E-state index is -3.02. The molecule has 1 aliphatic heterocycles. The molecule has 0 aromatic carbocycles. The molecule has 1 saturated heterocycles. The van der Waals surface area contributed by atoms with Crippen molar-refractivity contribution in [3.05, 3.63) is 22.4 Å². The highest BCUT2D eigenvalue weighted by atomic mass is 32.2. The van der Waals surface area contributed by atoms with Gasteiger partial charge in [0.25, 0.3) is 5.91 Å². The molecular weight excluding hydrogens is 294 g/mol. The SMILES string of the molecule is CC(C)CS(=O)(=O)C1CCN(C(=O)c2cccs2)CC1. The quantitative estimate of drug-likeness (QED) is 0.857. The Kier molecular flexibility index (Phi) is 4.86. The Labute approximate surface area is 124 Å². The molecule has 0 unspecified atom stereocenters. The first kappa shape index (κ1) is 15.5. The van der Waals surface area contributed by atoms with E-state index in [0.29, 0.717) is 25.9 Å². The third kappa shape index (κ3) is 3.61. The molecule has 1 aromatic rings. The smallest absolute Gasteiger partial charge is 0.263 e. The Morgan fingerprint density at radius 3 is 2.55 bits per heavy atom. The molecule has 1 aliphatic rings. The number of carbonyl (C=O) groups is 1. The number of piperidine rings is 1. The van der Waals surface area contributed by atoms with Crippen LogP contribution in [0.4, 0.5) is 0 Å². The second-order valence-electron chi connectivity index (χ2n) is 5.69. The fraction of sp³-hybridized carbons (Fsp3) is 0.643. The zero-order chi connectivity index (χ0) is 14.8. The van der Waals surface area contributed by atoms with Gasteiger partial charge in [-0.05, 0) is 30.2 Å². The molecule has 0 radical (unpaired) electrons. The van der Waals surface area contributed by atoms with Crippen molar-refractivity contribution in [1.82, 2.24) is 4.90 Å². The highest BCUT2D eigenvalue weighted by molar-refractivity contribution is 7.92. The van der Waals surface area contributed by atoms with E-state index in [0.717, 1.165) is 4.88 Å². The summed E-state index contributed by atoms with van der Waals surface area (Å²) in [5.41, 5.74) is 0. The summed E-state index contributed by atoms with van der Waals surface area (Å²) in [5.74, 6) is 0.432. The van der Waals surface area contributed by atoms with Crippen molar-refractivity contribution in [2.45, 2.75) is 31.9 Å². The van der Waals surface area contributed by atoms with Crippen molar-refractivity contribution >= 4 is 27.1 Å².